The minimum Gasteiger partial charge on any atom is -0.476 e. The number of pyridine rings is 1. The summed E-state index contributed by atoms with van der Waals surface area (Å²) >= 11 is 0. The Kier molecular flexibility index (Phi) is 3.44. The van der Waals surface area contributed by atoms with Gasteiger partial charge in [-0.1, -0.05) is 12.1 Å². The van der Waals surface area contributed by atoms with Crippen molar-refractivity contribution in [2.45, 2.75) is 6.92 Å². The smallest absolute Gasteiger partial charge is 0.358 e. The normalized spacial score (nSPS) is 9.68. The van der Waals surface area contributed by atoms with Gasteiger partial charge in [0, 0.05) is 6.20 Å². The van der Waals surface area contributed by atoms with Gasteiger partial charge >= 0.3 is 5.97 Å². The predicted octanol–water partition coefficient (Wildman–Crippen LogP) is 2.75. The van der Waals surface area contributed by atoms with Crippen molar-refractivity contribution in [2.75, 3.05) is 0 Å². The zero-order valence-corrected chi connectivity index (χ0v) is 10.1. The van der Waals surface area contributed by atoms with E-state index in [0.717, 1.165) is 5.56 Å². The number of nitriles is 1. The van der Waals surface area contributed by atoms with Gasteiger partial charge < -0.3 is 9.84 Å². The molecule has 0 bridgehead atoms. The molecule has 0 aliphatic rings. The van der Waals surface area contributed by atoms with Crippen LogP contribution in [0, 0.1) is 18.3 Å². The lowest BCUT2D eigenvalue weighted by molar-refractivity contribution is 0.0687. The summed E-state index contributed by atoms with van der Waals surface area (Å²) in [5, 5.41) is 18.1. The highest BCUT2D eigenvalue weighted by atomic mass is 16.5. The summed E-state index contributed by atoms with van der Waals surface area (Å²) in [6, 6.07) is 10.2. The van der Waals surface area contributed by atoms with E-state index in [4.69, 9.17) is 15.1 Å². The van der Waals surface area contributed by atoms with Crippen LogP contribution in [0.5, 0.6) is 11.5 Å². The molecule has 5 nitrogen and oxygen atoms in total. The third-order valence-corrected chi connectivity index (χ3v) is 2.52. The highest BCUT2D eigenvalue weighted by molar-refractivity contribution is 5.88. The van der Waals surface area contributed by atoms with Gasteiger partial charge in [-0.2, -0.15) is 5.26 Å². The molecule has 0 saturated carbocycles. The van der Waals surface area contributed by atoms with Crippen molar-refractivity contribution in [3.8, 4) is 17.6 Å². The second-order valence-corrected chi connectivity index (χ2v) is 3.82. The molecule has 19 heavy (non-hydrogen) atoms. The molecule has 1 N–H and O–H groups in total. The van der Waals surface area contributed by atoms with Gasteiger partial charge in [0.15, 0.2) is 11.4 Å². The molecule has 0 atom stereocenters. The second kappa shape index (κ2) is 5.19. The van der Waals surface area contributed by atoms with Crippen LogP contribution in [-0.4, -0.2) is 16.1 Å². The van der Waals surface area contributed by atoms with E-state index in [1.54, 1.807) is 31.2 Å². The van der Waals surface area contributed by atoms with Gasteiger partial charge in [0.2, 0.25) is 0 Å². The highest BCUT2D eigenvalue weighted by Gasteiger charge is 2.15. The average Bonchev–Trinajstić information content (AvgIpc) is 2.41. The van der Waals surface area contributed by atoms with Gasteiger partial charge in [-0.05, 0) is 30.7 Å². The maximum Gasteiger partial charge on any atom is 0.358 e. The number of carbonyl (C=O) groups is 1. The average molecular weight is 254 g/mol. The molecule has 0 spiro atoms. The fourth-order valence-electron chi connectivity index (χ4n) is 1.62. The first-order valence-corrected chi connectivity index (χ1v) is 5.49. The monoisotopic (exact) mass is 254 g/mol. The number of carboxylic acid groups (broad SMARTS) is 1. The largest absolute Gasteiger partial charge is 0.476 e. The van der Waals surface area contributed by atoms with Crippen molar-refractivity contribution < 1.29 is 14.6 Å². The first-order valence-electron chi connectivity index (χ1n) is 5.49. The number of aryl methyl sites for hydroxylation is 1. The molecule has 94 valence electrons. The summed E-state index contributed by atoms with van der Waals surface area (Å²) in [5.41, 5.74) is 0.911. The zero-order chi connectivity index (χ0) is 13.8. The first kappa shape index (κ1) is 12.6. The van der Waals surface area contributed by atoms with Crippen LogP contribution in [-0.2, 0) is 0 Å². The summed E-state index contributed by atoms with van der Waals surface area (Å²) < 4.78 is 5.56. The molecule has 0 radical (unpaired) electrons. The third kappa shape index (κ3) is 2.53. The zero-order valence-electron chi connectivity index (χ0n) is 10.1. The molecule has 1 heterocycles. The Morgan fingerprint density at radius 3 is 2.84 bits per heavy atom. The Balaban J connectivity index is 2.49. The van der Waals surface area contributed by atoms with Crippen molar-refractivity contribution in [2.24, 2.45) is 0 Å². The fourth-order valence-corrected chi connectivity index (χ4v) is 1.62. The number of ether oxygens (including phenoxy) is 1. The van der Waals surface area contributed by atoms with Gasteiger partial charge in [0.25, 0.3) is 0 Å². The summed E-state index contributed by atoms with van der Waals surface area (Å²) in [6.07, 6.45) is 1.37. The molecule has 2 aromatic rings. The molecule has 5 heteroatoms. The van der Waals surface area contributed by atoms with Crippen molar-refractivity contribution >= 4 is 5.97 Å². The highest BCUT2D eigenvalue weighted by Crippen LogP contribution is 2.29. The number of aromatic carboxylic acids is 1. The number of carboxylic acids is 1. The second-order valence-electron chi connectivity index (χ2n) is 3.82. The lowest BCUT2D eigenvalue weighted by Gasteiger charge is -2.11. The first-order chi connectivity index (χ1) is 9.13. The van der Waals surface area contributed by atoms with E-state index in [9.17, 15) is 4.79 Å². The number of benzene rings is 1. The summed E-state index contributed by atoms with van der Waals surface area (Å²) in [4.78, 5) is 14.8. The maximum atomic E-state index is 11.0. The topological polar surface area (TPSA) is 83.2 Å². The molecule has 1 aromatic heterocycles. The van der Waals surface area contributed by atoms with E-state index in [0.29, 0.717) is 11.3 Å². The molecular formula is C14H10N2O3. The Morgan fingerprint density at radius 1 is 1.37 bits per heavy atom. The van der Waals surface area contributed by atoms with E-state index >= 15 is 0 Å². The predicted molar refractivity (Wildman–Crippen MR) is 67.2 cm³/mol. The maximum absolute atomic E-state index is 11.0. The van der Waals surface area contributed by atoms with E-state index in [2.05, 4.69) is 4.98 Å². The standard InChI is InChI=1S/C14H10N2O3/c1-9-4-2-5-10(8-15)13(9)19-11-6-3-7-16-12(11)14(17)18/h2-7H,1H3,(H,17,18). The van der Waals surface area contributed by atoms with Crippen LogP contribution in [0.4, 0.5) is 0 Å². The lowest BCUT2D eigenvalue weighted by atomic mass is 10.1. The molecule has 0 saturated heterocycles. The van der Waals surface area contributed by atoms with Crippen LogP contribution in [0.25, 0.3) is 0 Å². The van der Waals surface area contributed by atoms with E-state index in [1.807, 2.05) is 6.07 Å². The summed E-state index contributed by atoms with van der Waals surface area (Å²) in [5.74, 6) is -0.719. The summed E-state index contributed by atoms with van der Waals surface area (Å²) in [6.45, 7) is 1.78. The molecule has 0 aliphatic heterocycles. The van der Waals surface area contributed by atoms with Crippen LogP contribution in [0.3, 0.4) is 0 Å². The van der Waals surface area contributed by atoms with Crippen molar-refractivity contribution in [1.29, 1.82) is 5.26 Å². The molecule has 0 fully saturated rings. The van der Waals surface area contributed by atoms with Crippen molar-refractivity contribution in [1.82, 2.24) is 4.98 Å². The van der Waals surface area contributed by atoms with Gasteiger partial charge in [0.05, 0.1) is 5.56 Å². The van der Waals surface area contributed by atoms with Gasteiger partial charge in [-0.25, -0.2) is 9.78 Å². The van der Waals surface area contributed by atoms with E-state index in [1.165, 1.54) is 12.3 Å². The number of rotatable bonds is 3. The molecule has 0 aliphatic carbocycles. The SMILES string of the molecule is Cc1cccc(C#N)c1Oc1cccnc1C(=O)O. The fraction of sp³-hybridized carbons (Fsp3) is 0.0714. The Labute approximate surface area is 109 Å². The van der Waals surface area contributed by atoms with Crippen LogP contribution in [0.2, 0.25) is 0 Å². The van der Waals surface area contributed by atoms with E-state index in [-0.39, 0.29) is 11.4 Å². The van der Waals surface area contributed by atoms with Crippen LogP contribution < -0.4 is 4.74 Å². The van der Waals surface area contributed by atoms with Crippen LogP contribution >= 0.6 is 0 Å². The number of para-hydroxylation sites is 1. The van der Waals surface area contributed by atoms with Crippen LogP contribution in [0.15, 0.2) is 36.5 Å². The quantitative estimate of drug-likeness (QED) is 0.910. The third-order valence-electron chi connectivity index (χ3n) is 2.52. The van der Waals surface area contributed by atoms with Gasteiger partial charge in [-0.3, -0.25) is 0 Å². The van der Waals surface area contributed by atoms with Gasteiger partial charge in [0.1, 0.15) is 11.8 Å². The molecule has 0 amide bonds. The molecule has 0 unspecified atom stereocenters. The summed E-state index contributed by atoms with van der Waals surface area (Å²) in [7, 11) is 0. The molecule has 2 rings (SSSR count). The molecular weight excluding hydrogens is 244 g/mol. The van der Waals surface area contributed by atoms with Gasteiger partial charge in [-0.15, -0.1) is 0 Å². The lowest BCUT2D eigenvalue weighted by Crippen LogP contribution is -2.03. The molecule has 1 aromatic carbocycles. The van der Waals surface area contributed by atoms with Crippen LogP contribution in [0.1, 0.15) is 21.6 Å². The van der Waals surface area contributed by atoms with Crippen molar-refractivity contribution in [3.63, 3.8) is 0 Å². The Morgan fingerprint density at radius 2 is 2.16 bits per heavy atom. The Hall–Kier alpha value is -2.87. The van der Waals surface area contributed by atoms with Crippen molar-refractivity contribution in [3.05, 3.63) is 53.3 Å². The number of hydrogen-bond acceptors (Lipinski definition) is 4. The number of hydrogen-bond donors (Lipinski definition) is 1. The minimum absolute atomic E-state index is 0.112. The van der Waals surface area contributed by atoms with E-state index < -0.39 is 5.97 Å². The Bertz CT molecular complexity index is 675. The minimum atomic E-state index is -1.18. The number of aromatic nitrogens is 1. The number of nitrogens with zero attached hydrogens (tertiary/aromatic N) is 2.